The average molecular weight is 350 g/mol. The molecular formula is C15H16BrN3O2. The van der Waals surface area contributed by atoms with Crippen LogP contribution in [0.2, 0.25) is 0 Å². The third-order valence-electron chi connectivity index (χ3n) is 2.78. The van der Waals surface area contributed by atoms with Gasteiger partial charge in [-0.25, -0.2) is 9.78 Å². The molecule has 1 heterocycles. The maximum atomic E-state index is 12.0. The van der Waals surface area contributed by atoms with Crippen LogP contribution in [0.1, 0.15) is 22.8 Å². The molecule has 2 aromatic rings. The van der Waals surface area contributed by atoms with Crippen LogP contribution in [-0.4, -0.2) is 17.6 Å². The van der Waals surface area contributed by atoms with Crippen LogP contribution in [-0.2, 0) is 4.74 Å². The Bertz CT molecular complexity index is 674. The largest absolute Gasteiger partial charge is 0.462 e. The SMILES string of the molecule is CCOC(=O)c1cc(N)cnc1Nc1ccc(C)cc1Br. The smallest absolute Gasteiger partial charge is 0.341 e. The number of rotatable bonds is 4. The number of ether oxygens (including phenoxy) is 1. The molecule has 1 aromatic carbocycles. The number of carbonyl (C=O) groups is 1. The van der Waals surface area contributed by atoms with E-state index in [4.69, 9.17) is 10.5 Å². The lowest BCUT2D eigenvalue weighted by molar-refractivity contribution is 0.0527. The number of carbonyl (C=O) groups excluding carboxylic acids is 1. The second-order valence-corrected chi connectivity index (χ2v) is 5.35. The summed E-state index contributed by atoms with van der Waals surface area (Å²) in [5.41, 5.74) is 8.35. The quantitative estimate of drug-likeness (QED) is 0.823. The number of nitrogens with one attached hydrogen (secondary N) is 1. The number of esters is 1. The number of nitrogen functional groups attached to an aromatic ring is 1. The highest BCUT2D eigenvalue weighted by molar-refractivity contribution is 9.10. The maximum Gasteiger partial charge on any atom is 0.341 e. The Hall–Kier alpha value is -2.08. The molecule has 0 aliphatic heterocycles. The summed E-state index contributed by atoms with van der Waals surface area (Å²) in [4.78, 5) is 16.2. The van der Waals surface area contributed by atoms with Crippen molar-refractivity contribution >= 4 is 39.1 Å². The Morgan fingerprint density at radius 2 is 2.19 bits per heavy atom. The highest BCUT2D eigenvalue weighted by Gasteiger charge is 2.15. The first kappa shape index (κ1) is 15.3. The summed E-state index contributed by atoms with van der Waals surface area (Å²) in [5.74, 6) is -0.0461. The highest BCUT2D eigenvalue weighted by Crippen LogP contribution is 2.28. The maximum absolute atomic E-state index is 12.0. The van der Waals surface area contributed by atoms with Crippen LogP contribution in [0.3, 0.4) is 0 Å². The fraction of sp³-hybridized carbons (Fsp3) is 0.200. The molecule has 0 spiro atoms. The number of hydrogen-bond acceptors (Lipinski definition) is 5. The van der Waals surface area contributed by atoms with E-state index in [2.05, 4.69) is 26.2 Å². The van der Waals surface area contributed by atoms with Gasteiger partial charge in [-0.1, -0.05) is 6.07 Å². The zero-order valence-corrected chi connectivity index (χ0v) is 13.4. The normalized spacial score (nSPS) is 10.2. The summed E-state index contributed by atoms with van der Waals surface area (Å²) in [7, 11) is 0. The molecule has 0 amide bonds. The van der Waals surface area contributed by atoms with Crippen LogP contribution in [0.4, 0.5) is 17.2 Å². The molecule has 0 fully saturated rings. The molecule has 5 nitrogen and oxygen atoms in total. The van der Waals surface area contributed by atoms with E-state index in [0.717, 1.165) is 15.7 Å². The number of halogens is 1. The Morgan fingerprint density at radius 3 is 2.86 bits per heavy atom. The van der Waals surface area contributed by atoms with E-state index in [-0.39, 0.29) is 0 Å². The van der Waals surface area contributed by atoms with Crippen LogP contribution in [0.5, 0.6) is 0 Å². The summed E-state index contributed by atoms with van der Waals surface area (Å²) >= 11 is 3.48. The zero-order chi connectivity index (χ0) is 15.4. The minimum Gasteiger partial charge on any atom is -0.462 e. The standard InChI is InChI=1S/C15H16BrN3O2/c1-3-21-15(20)11-7-10(17)8-18-14(11)19-13-5-4-9(2)6-12(13)16/h4-8H,3,17H2,1-2H3,(H,18,19). The van der Waals surface area contributed by atoms with Crippen molar-refractivity contribution in [3.05, 3.63) is 46.1 Å². The number of pyridine rings is 1. The van der Waals surface area contributed by atoms with Gasteiger partial charge >= 0.3 is 5.97 Å². The van der Waals surface area contributed by atoms with Crippen LogP contribution in [0.15, 0.2) is 34.9 Å². The predicted molar refractivity (Wildman–Crippen MR) is 86.8 cm³/mol. The van der Waals surface area contributed by atoms with Gasteiger partial charge in [-0.2, -0.15) is 0 Å². The zero-order valence-electron chi connectivity index (χ0n) is 11.8. The molecule has 0 atom stereocenters. The van der Waals surface area contributed by atoms with Gasteiger partial charge in [-0.15, -0.1) is 0 Å². The molecular weight excluding hydrogens is 334 g/mol. The molecule has 0 radical (unpaired) electrons. The third kappa shape index (κ3) is 3.72. The number of nitrogens with two attached hydrogens (primary N) is 1. The van der Waals surface area contributed by atoms with Gasteiger partial charge in [0.25, 0.3) is 0 Å². The van der Waals surface area contributed by atoms with Crippen molar-refractivity contribution in [3.63, 3.8) is 0 Å². The minimum absolute atomic E-state index is 0.293. The number of aromatic nitrogens is 1. The van der Waals surface area contributed by atoms with Gasteiger partial charge in [-0.05, 0) is 53.5 Å². The van der Waals surface area contributed by atoms with E-state index in [1.807, 2.05) is 25.1 Å². The molecule has 2 rings (SSSR count). The van der Waals surface area contributed by atoms with Crippen molar-refractivity contribution in [1.82, 2.24) is 4.98 Å². The van der Waals surface area contributed by atoms with Crippen molar-refractivity contribution in [1.29, 1.82) is 0 Å². The van der Waals surface area contributed by atoms with Crippen LogP contribution in [0, 0.1) is 6.92 Å². The molecule has 0 saturated heterocycles. The van der Waals surface area contributed by atoms with Gasteiger partial charge in [-0.3, -0.25) is 0 Å². The molecule has 0 aliphatic carbocycles. The lowest BCUT2D eigenvalue weighted by Gasteiger charge is -2.12. The van der Waals surface area contributed by atoms with E-state index >= 15 is 0 Å². The Labute approximate surface area is 131 Å². The summed E-state index contributed by atoms with van der Waals surface area (Å²) < 4.78 is 5.91. The van der Waals surface area contributed by atoms with Crippen LogP contribution >= 0.6 is 15.9 Å². The van der Waals surface area contributed by atoms with E-state index in [9.17, 15) is 4.79 Å². The number of anilines is 3. The molecule has 0 aliphatic rings. The highest BCUT2D eigenvalue weighted by atomic mass is 79.9. The molecule has 6 heteroatoms. The Balaban J connectivity index is 2.37. The first-order valence-electron chi connectivity index (χ1n) is 6.47. The van der Waals surface area contributed by atoms with Crippen molar-refractivity contribution in [2.24, 2.45) is 0 Å². The molecule has 21 heavy (non-hydrogen) atoms. The Morgan fingerprint density at radius 1 is 1.43 bits per heavy atom. The summed E-state index contributed by atoms with van der Waals surface area (Å²) in [6.07, 6.45) is 1.49. The summed E-state index contributed by atoms with van der Waals surface area (Å²) in [6, 6.07) is 7.40. The van der Waals surface area contributed by atoms with Gasteiger partial charge in [0.15, 0.2) is 0 Å². The van der Waals surface area contributed by atoms with E-state index in [0.29, 0.717) is 23.7 Å². The fourth-order valence-corrected chi connectivity index (χ4v) is 2.39. The van der Waals surface area contributed by atoms with Crippen molar-refractivity contribution in [2.45, 2.75) is 13.8 Å². The summed E-state index contributed by atoms with van der Waals surface area (Å²) in [6.45, 7) is 4.04. The fourth-order valence-electron chi connectivity index (χ4n) is 1.79. The molecule has 0 bridgehead atoms. The average Bonchev–Trinajstić information content (AvgIpc) is 2.43. The lowest BCUT2D eigenvalue weighted by Crippen LogP contribution is -2.10. The van der Waals surface area contributed by atoms with Gasteiger partial charge in [0.05, 0.1) is 24.2 Å². The molecule has 0 saturated carbocycles. The third-order valence-corrected chi connectivity index (χ3v) is 3.44. The van der Waals surface area contributed by atoms with Gasteiger partial charge in [0.1, 0.15) is 11.4 Å². The summed E-state index contributed by atoms with van der Waals surface area (Å²) in [5, 5.41) is 3.12. The topological polar surface area (TPSA) is 77.2 Å². The first-order chi connectivity index (χ1) is 10.0. The van der Waals surface area contributed by atoms with E-state index in [1.54, 1.807) is 13.0 Å². The monoisotopic (exact) mass is 349 g/mol. The van der Waals surface area contributed by atoms with E-state index < -0.39 is 5.97 Å². The van der Waals surface area contributed by atoms with Gasteiger partial charge in [0.2, 0.25) is 0 Å². The second kappa shape index (κ2) is 6.58. The predicted octanol–water partition coefficient (Wildman–Crippen LogP) is 3.66. The first-order valence-corrected chi connectivity index (χ1v) is 7.26. The Kier molecular flexibility index (Phi) is 4.80. The minimum atomic E-state index is -0.456. The number of aryl methyl sites for hydroxylation is 1. The molecule has 3 N–H and O–H groups in total. The van der Waals surface area contributed by atoms with Gasteiger partial charge < -0.3 is 15.8 Å². The van der Waals surface area contributed by atoms with Crippen LogP contribution in [0.25, 0.3) is 0 Å². The van der Waals surface area contributed by atoms with Gasteiger partial charge in [0, 0.05) is 4.47 Å². The number of benzene rings is 1. The van der Waals surface area contributed by atoms with E-state index in [1.165, 1.54) is 6.20 Å². The lowest BCUT2D eigenvalue weighted by atomic mass is 10.2. The number of hydrogen-bond donors (Lipinski definition) is 2. The molecule has 1 aromatic heterocycles. The van der Waals surface area contributed by atoms with Crippen LogP contribution < -0.4 is 11.1 Å². The van der Waals surface area contributed by atoms with Crippen molar-refractivity contribution < 1.29 is 9.53 Å². The molecule has 110 valence electrons. The second-order valence-electron chi connectivity index (χ2n) is 4.49. The van der Waals surface area contributed by atoms with Crippen molar-refractivity contribution in [2.75, 3.05) is 17.7 Å². The van der Waals surface area contributed by atoms with Crippen molar-refractivity contribution in [3.8, 4) is 0 Å². The molecule has 0 unspecified atom stereocenters. The number of nitrogens with zero attached hydrogens (tertiary/aromatic N) is 1.